The van der Waals surface area contributed by atoms with E-state index in [1.807, 2.05) is 0 Å². The molecule has 0 aromatic rings. The van der Waals surface area contributed by atoms with E-state index in [1.165, 1.54) is 56.1 Å². The van der Waals surface area contributed by atoms with Crippen molar-refractivity contribution in [3.8, 4) is 0 Å². The molecule has 0 rings (SSSR count). The van der Waals surface area contributed by atoms with Crippen molar-refractivity contribution in [2.24, 2.45) is 0 Å². The highest BCUT2D eigenvalue weighted by molar-refractivity contribution is 4.41. The van der Waals surface area contributed by atoms with Gasteiger partial charge in [0.05, 0.1) is 27.2 Å². The van der Waals surface area contributed by atoms with Gasteiger partial charge < -0.3 is 21.5 Å². The van der Waals surface area contributed by atoms with Crippen LogP contribution in [-0.4, -0.2) is 31.7 Å². The Morgan fingerprint density at radius 2 is 1.21 bits per heavy atom. The summed E-state index contributed by atoms with van der Waals surface area (Å²) in [4.78, 5) is 0. The fraction of sp³-hybridized carbons (Fsp3) is 1.00. The van der Waals surface area contributed by atoms with E-state index in [0.717, 1.165) is 0 Å². The monoisotopic (exact) mass is 265 g/mol. The summed E-state index contributed by atoms with van der Waals surface area (Å²) in [7, 11) is 4.73. The minimum atomic E-state index is 0. The number of nitrogens with zero attached hydrogens (tertiary/aromatic N) is 1. The standard InChI is InChI=1S/C12H28N.BrH/c1-5-7-9-10-12-13(3,4)11-8-6-2;/h5-12H2,1-4H3;1H/q+1;/p-1. The predicted molar refractivity (Wildman–Crippen MR) is 60.9 cm³/mol. The van der Waals surface area contributed by atoms with E-state index in [4.69, 9.17) is 0 Å². The normalized spacial score (nSPS) is 11.1. The van der Waals surface area contributed by atoms with Crippen molar-refractivity contribution in [2.75, 3.05) is 27.2 Å². The summed E-state index contributed by atoms with van der Waals surface area (Å²) in [5, 5.41) is 0. The molecule has 0 saturated heterocycles. The van der Waals surface area contributed by atoms with Gasteiger partial charge in [-0.3, -0.25) is 0 Å². The summed E-state index contributed by atoms with van der Waals surface area (Å²) in [5.74, 6) is 0. The smallest absolute Gasteiger partial charge is 0.0782 e. The van der Waals surface area contributed by atoms with Crippen LogP contribution in [-0.2, 0) is 0 Å². The largest absolute Gasteiger partial charge is 1.00 e. The molecule has 0 fully saturated rings. The first-order valence-corrected chi connectivity index (χ1v) is 5.94. The molecular formula is C12H28BrN. The molecule has 0 aromatic heterocycles. The molecule has 0 heterocycles. The topological polar surface area (TPSA) is 0 Å². The maximum Gasteiger partial charge on any atom is 0.0782 e. The first-order chi connectivity index (χ1) is 6.12. The summed E-state index contributed by atoms with van der Waals surface area (Å²) in [6, 6.07) is 0. The molecule has 1 nitrogen and oxygen atoms in total. The Morgan fingerprint density at radius 3 is 1.71 bits per heavy atom. The summed E-state index contributed by atoms with van der Waals surface area (Å²) in [6.45, 7) is 7.26. The molecule has 0 saturated carbocycles. The van der Waals surface area contributed by atoms with E-state index in [1.54, 1.807) is 0 Å². The third kappa shape index (κ3) is 10.5. The maximum atomic E-state index is 2.36. The van der Waals surface area contributed by atoms with Gasteiger partial charge in [-0.1, -0.05) is 33.1 Å². The lowest BCUT2D eigenvalue weighted by atomic mass is 10.2. The van der Waals surface area contributed by atoms with E-state index in [0.29, 0.717) is 0 Å². The number of rotatable bonds is 8. The highest BCUT2D eigenvalue weighted by Gasteiger charge is 2.12. The maximum absolute atomic E-state index is 2.36. The predicted octanol–water partition coefficient (Wildman–Crippen LogP) is 0.447. The van der Waals surface area contributed by atoms with Gasteiger partial charge in [0.25, 0.3) is 0 Å². The van der Waals surface area contributed by atoms with E-state index >= 15 is 0 Å². The number of hydrogen-bond acceptors (Lipinski definition) is 0. The van der Waals surface area contributed by atoms with Crippen LogP contribution in [0.3, 0.4) is 0 Å². The summed E-state index contributed by atoms with van der Waals surface area (Å²) < 4.78 is 1.22. The van der Waals surface area contributed by atoms with Crippen LogP contribution in [0.2, 0.25) is 0 Å². The van der Waals surface area contributed by atoms with Crippen LogP contribution in [0, 0.1) is 0 Å². The van der Waals surface area contributed by atoms with Gasteiger partial charge in [0.15, 0.2) is 0 Å². The molecule has 0 aliphatic rings. The molecule has 0 N–H and O–H groups in total. The second-order valence-corrected chi connectivity index (χ2v) is 4.80. The zero-order valence-corrected chi connectivity index (χ0v) is 12.1. The first kappa shape index (κ1) is 16.9. The van der Waals surface area contributed by atoms with Gasteiger partial charge in [-0.15, -0.1) is 0 Å². The van der Waals surface area contributed by atoms with Gasteiger partial charge in [-0.25, -0.2) is 0 Å². The number of unbranched alkanes of at least 4 members (excludes halogenated alkanes) is 4. The van der Waals surface area contributed by atoms with E-state index in [9.17, 15) is 0 Å². The zero-order valence-electron chi connectivity index (χ0n) is 10.5. The minimum Gasteiger partial charge on any atom is -1.00 e. The van der Waals surface area contributed by atoms with Gasteiger partial charge in [-0.2, -0.15) is 0 Å². The second-order valence-electron chi connectivity index (χ2n) is 4.80. The van der Waals surface area contributed by atoms with Crippen molar-refractivity contribution in [2.45, 2.75) is 52.4 Å². The van der Waals surface area contributed by atoms with Gasteiger partial charge in [-0.05, 0) is 19.3 Å². The Bertz CT molecular complexity index is 113. The molecule has 88 valence electrons. The summed E-state index contributed by atoms with van der Waals surface area (Å²) in [6.07, 6.45) is 8.29. The number of halogens is 1. The number of hydrogen-bond donors (Lipinski definition) is 0. The quantitative estimate of drug-likeness (QED) is 0.442. The Kier molecular flexibility index (Phi) is 12.0. The fourth-order valence-electron chi connectivity index (χ4n) is 1.66. The van der Waals surface area contributed by atoms with E-state index < -0.39 is 0 Å². The Balaban J connectivity index is 0. The molecule has 2 heteroatoms. The average Bonchev–Trinajstić information content (AvgIpc) is 2.09. The van der Waals surface area contributed by atoms with Gasteiger partial charge in [0.2, 0.25) is 0 Å². The van der Waals surface area contributed by atoms with Crippen molar-refractivity contribution in [1.82, 2.24) is 0 Å². The minimum absolute atomic E-state index is 0. The molecule has 0 spiro atoms. The van der Waals surface area contributed by atoms with E-state index in [-0.39, 0.29) is 17.0 Å². The lowest BCUT2D eigenvalue weighted by molar-refractivity contribution is -0.890. The van der Waals surface area contributed by atoms with Crippen molar-refractivity contribution < 1.29 is 21.5 Å². The van der Waals surface area contributed by atoms with Crippen LogP contribution < -0.4 is 17.0 Å². The van der Waals surface area contributed by atoms with Crippen molar-refractivity contribution >= 4 is 0 Å². The molecule has 0 bridgehead atoms. The van der Waals surface area contributed by atoms with Crippen molar-refractivity contribution in [1.29, 1.82) is 0 Å². The van der Waals surface area contributed by atoms with Crippen molar-refractivity contribution in [3.05, 3.63) is 0 Å². The van der Waals surface area contributed by atoms with Crippen LogP contribution in [0.15, 0.2) is 0 Å². The third-order valence-electron chi connectivity index (χ3n) is 2.73. The Labute approximate surface area is 101 Å². The molecule has 0 aliphatic heterocycles. The lowest BCUT2D eigenvalue weighted by Gasteiger charge is -2.29. The van der Waals surface area contributed by atoms with Crippen LogP contribution in [0.5, 0.6) is 0 Å². The Hall–Kier alpha value is 0.440. The SMILES string of the molecule is CCCCCC[N+](C)(C)CCCC.[Br-]. The molecule has 0 aromatic carbocycles. The molecule has 0 amide bonds. The summed E-state index contributed by atoms with van der Waals surface area (Å²) >= 11 is 0. The van der Waals surface area contributed by atoms with Crippen LogP contribution >= 0.6 is 0 Å². The molecule has 0 radical (unpaired) electrons. The molecule has 0 unspecified atom stereocenters. The second kappa shape index (κ2) is 9.97. The number of quaternary nitrogens is 1. The van der Waals surface area contributed by atoms with Gasteiger partial charge in [0, 0.05) is 0 Å². The van der Waals surface area contributed by atoms with Crippen LogP contribution in [0.1, 0.15) is 52.4 Å². The fourth-order valence-corrected chi connectivity index (χ4v) is 1.66. The molecule has 14 heavy (non-hydrogen) atoms. The zero-order chi connectivity index (χ0) is 10.2. The average molecular weight is 266 g/mol. The van der Waals surface area contributed by atoms with Crippen molar-refractivity contribution in [3.63, 3.8) is 0 Å². The summed E-state index contributed by atoms with van der Waals surface area (Å²) in [5.41, 5.74) is 0. The van der Waals surface area contributed by atoms with Gasteiger partial charge in [0.1, 0.15) is 0 Å². The van der Waals surface area contributed by atoms with Crippen LogP contribution in [0.25, 0.3) is 0 Å². The van der Waals surface area contributed by atoms with Crippen LogP contribution in [0.4, 0.5) is 0 Å². The molecule has 0 aliphatic carbocycles. The van der Waals surface area contributed by atoms with E-state index in [2.05, 4.69) is 27.9 Å². The lowest BCUT2D eigenvalue weighted by Crippen LogP contribution is -3.00. The highest BCUT2D eigenvalue weighted by Crippen LogP contribution is 2.06. The molecule has 0 atom stereocenters. The first-order valence-electron chi connectivity index (χ1n) is 5.94. The molecular weight excluding hydrogens is 238 g/mol. The third-order valence-corrected chi connectivity index (χ3v) is 2.73. The van der Waals surface area contributed by atoms with Gasteiger partial charge >= 0.3 is 0 Å². The highest BCUT2D eigenvalue weighted by atomic mass is 79.9. The Morgan fingerprint density at radius 1 is 0.714 bits per heavy atom.